The molecule has 0 amide bonds. The highest BCUT2D eigenvalue weighted by atomic mass is 32.2. The maximum atomic E-state index is 10.6. The number of benzene rings is 3. The molecule has 3 rings (SSSR count). The maximum Gasteiger partial charge on any atom is 0.294 e. The van der Waals surface area contributed by atoms with Crippen molar-refractivity contribution >= 4 is 20.9 Å². The minimum absolute atomic E-state index is 0.0278. The van der Waals surface area contributed by atoms with Crippen molar-refractivity contribution in [2.24, 2.45) is 0 Å². The van der Waals surface area contributed by atoms with Crippen LogP contribution in [0.1, 0.15) is 5.56 Å². The third-order valence-electron chi connectivity index (χ3n) is 3.03. The topological polar surface area (TPSA) is 54.4 Å². The summed E-state index contributed by atoms with van der Waals surface area (Å²) in [5.41, 5.74) is 0.551. The van der Waals surface area contributed by atoms with E-state index in [-0.39, 0.29) is 4.90 Å². The van der Waals surface area contributed by atoms with Crippen molar-refractivity contribution < 1.29 is 13.0 Å². The predicted molar refractivity (Wildman–Crippen MR) is 84.9 cm³/mol. The van der Waals surface area contributed by atoms with Crippen LogP contribution in [0, 0.1) is 6.92 Å². The molecule has 0 saturated heterocycles. The average Bonchev–Trinajstić information content (AvgIpc) is 2.47. The minimum atomic E-state index is -4.03. The molecule has 0 unspecified atom stereocenters. The zero-order chi connectivity index (χ0) is 15.3. The van der Waals surface area contributed by atoms with Crippen LogP contribution in [0.15, 0.2) is 77.7 Å². The van der Waals surface area contributed by atoms with Crippen LogP contribution in [-0.2, 0) is 10.1 Å². The summed E-state index contributed by atoms with van der Waals surface area (Å²) in [7, 11) is -4.03. The maximum absolute atomic E-state index is 10.6. The second-order valence-corrected chi connectivity index (χ2v) is 5.98. The normalized spacial score (nSPS) is 10.8. The summed E-state index contributed by atoms with van der Waals surface area (Å²) in [4.78, 5) is -0.0278. The van der Waals surface area contributed by atoms with E-state index < -0.39 is 10.1 Å². The van der Waals surface area contributed by atoms with E-state index in [0.717, 1.165) is 0 Å². The van der Waals surface area contributed by atoms with Crippen LogP contribution < -0.4 is 0 Å². The van der Waals surface area contributed by atoms with Gasteiger partial charge in [0.1, 0.15) is 0 Å². The van der Waals surface area contributed by atoms with Crippen molar-refractivity contribution in [1.82, 2.24) is 0 Å². The van der Waals surface area contributed by atoms with Gasteiger partial charge in [0.2, 0.25) is 0 Å². The molecular formula is C17H16O3S. The van der Waals surface area contributed by atoms with Gasteiger partial charge in [-0.25, -0.2) is 0 Å². The Balaban J connectivity index is 0.000000154. The summed E-state index contributed by atoms with van der Waals surface area (Å²) in [6, 6.07) is 23.0. The lowest BCUT2D eigenvalue weighted by Gasteiger charge is -1.99. The minimum Gasteiger partial charge on any atom is -0.282 e. The van der Waals surface area contributed by atoms with E-state index in [4.69, 9.17) is 4.55 Å². The molecule has 0 heterocycles. The molecule has 3 aromatic carbocycles. The highest BCUT2D eigenvalue weighted by molar-refractivity contribution is 7.85. The third-order valence-corrected chi connectivity index (χ3v) is 4.04. The quantitative estimate of drug-likeness (QED) is 0.689. The van der Waals surface area contributed by atoms with Gasteiger partial charge >= 0.3 is 0 Å². The molecule has 0 aliphatic carbocycles. The van der Waals surface area contributed by atoms with Crippen LogP contribution in [-0.4, -0.2) is 13.0 Å². The van der Waals surface area contributed by atoms with E-state index in [2.05, 4.69) is 48.5 Å². The molecule has 3 nitrogen and oxygen atoms in total. The molecule has 21 heavy (non-hydrogen) atoms. The van der Waals surface area contributed by atoms with Gasteiger partial charge in [0.05, 0.1) is 4.90 Å². The highest BCUT2D eigenvalue weighted by Crippen LogP contribution is 2.12. The van der Waals surface area contributed by atoms with E-state index in [1.165, 1.54) is 16.8 Å². The molecule has 0 saturated carbocycles. The van der Waals surface area contributed by atoms with Crippen LogP contribution in [0.3, 0.4) is 0 Å². The Bertz CT molecular complexity index is 774. The zero-order valence-electron chi connectivity index (χ0n) is 11.6. The molecule has 4 heteroatoms. The van der Waals surface area contributed by atoms with E-state index >= 15 is 0 Å². The summed E-state index contributed by atoms with van der Waals surface area (Å²) in [6.45, 7) is 1.63. The van der Waals surface area contributed by atoms with Gasteiger partial charge in [0, 0.05) is 0 Å². The van der Waals surface area contributed by atoms with E-state index in [1.807, 2.05) is 0 Å². The molecule has 108 valence electrons. The molecule has 1 N–H and O–H groups in total. The SMILES string of the molecule is Cc1ccccc1S(=O)(=O)O.c1ccc2ccccc2c1. The number of aryl methyl sites for hydroxylation is 1. The van der Waals surface area contributed by atoms with Crippen molar-refractivity contribution in [3.8, 4) is 0 Å². The molecule has 0 atom stereocenters. The molecule has 0 fully saturated rings. The lowest BCUT2D eigenvalue weighted by atomic mass is 10.1. The van der Waals surface area contributed by atoms with E-state index in [1.54, 1.807) is 25.1 Å². The zero-order valence-corrected chi connectivity index (χ0v) is 12.4. The van der Waals surface area contributed by atoms with Gasteiger partial charge in [0.25, 0.3) is 10.1 Å². The molecule has 0 aliphatic heterocycles. The van der Waals surface area contributed by atoms with Gasteiger partial charge in [0.15, 0.2) is 0 Å². The van der Waals surface area contributed by atoms with E-state index in [9.17, 15) is 8.42 Å². The summed E-state index contributed by atoms with van der Waals surface area (Å²) in [5.74, 6) is 0. The number of hydrogen-bond donors (Lipinski definition) is 1. The second kappa shape index (κ2) is 6.52. The molecule has 3 aromatic rings. The Hall–Kier alpha value is -2.17. The van der Waals surface area contributed by atoms with Crippen molar-refractivity contribution in [2.75, 3.05) is 0 Å². The van der Waals surface area contributed by atoms with Crippen LogP contribution in [0.5, 0.6) is 0 Å². The predicted octanol–water partition coefficient (Wildman–Crippen LogP) is 4.08. The van der Waals surface area contributed by atoms with Crippen molar-refractivity contribution in [3.05, 3.63) is 78.4 Å². The first-order valence-electron chi connectivity index (χ1n) is 6.45. The Morgan fingerprint density at radius 1 is 0.714 bits per heavy atom. The molecule has 0 radical (unpaired) electrons. The lowest BCUT2D eigenvalue weighted by molar-refractivity contribution is 0.482. The fourth-order valence-electron chi connectivity index (χ4n) is 1.98. The number of fused-ring (bicyclic) bond motifs is 1. The molecule has 0 bridgehead atoms. The summed E-state index contributed by atoms with van der Waals surface area (Å²) in [6.07, 6.45) is 0. The summed E-state index contributed by atoms with van der Waals surface area (Å²) >= 11 is 0. The number of hydrogen-bond acceptors (Lipinski definition) is 2. The third kappa shape index (κ3) is 4.15. The Morgan fingerprint density at radius 2 is 1.10 bits per heavy atom. The Morgan fingerprint density at radius 3 is 1.43 bits per heavy atom. The first kappa shape index (κ1) is 15.2. The summed E-state index contributed by atoms with van der Waals surface area (Å²) in [5, 5.41) is 2.62. The standard InChI is InChI=1S/C10H8.C7H8O3S/c1-2-6-10-8-4-3-7-9(10)5-1;1-6-4-2-3-5-7(6)11(8,9)10/h1-8H;2-5H,1H3,(H,8,9,10). The Labute approximate surface area is 124 Å². The van der Waals surface area contributed by atoms with Gasteiger partial charge in [-0.2, -0.15) is 8.42 Å². The van der Waals surface area contributed by atoms with Crippen molar-refractivity contribution in [3.63, 3.8) is 0 Å². The molecule has 0 aromatic heterocycles. The largest absolute Gasteiger partial charge is 0.294 e. The highest BCUT2D eigenvalue weighted by Gasteiger charge is 2.10. The van der Waals surface area contributed by atoms with Gasteiger partial charge in [-0.05, 0) is 29.3 Å². The second-order valence-electron chi connectivity index (χ2n) is 4.59. The van der Waals surface area contributed by atoms with E-state index in [0.29, 0.717) is 5.56 Å². The van der Waals surface area contributed by atoms with Crippen LogP contribution >= 0.6 is 0 Å². The smallest absolute Gasteiger partial charge is 0.282 e. The fourth-order valence-corrected chi connectivity index (χ4v) is 2.70. The van der Waals surface area contributed by atoms with Gasteiger partial charge in [-0.15, -0.1) is 0 Å². The van der Waals surface area contributed by atoms with Crippen LogP contribution in [0.2, 0.25) is 0 Å². The summed E-state index contributed by atoms with van der Waals surface area (Å²) < 4.78 is 29.9. The Kier molecular flexibility index (Phi) is 4.73. The first-order chi connectivity index (χ1) is 9.98. The molecule has 0 spiro atoms. The first-order valence-corrected chi connectivity index (χ1v) is 7.89. The van der Waals surface area contributed by atoms with Gasteiger partial charge < -0.3 is 0 Å². The van der Waals surface area contributed by atoms with Crippen LogP contribution in [0.25, 0.3) is 10.8 Å². The monoisotopic (exact) mass is 300 g/mol. The molecule has 0 aliphatic rings. The van der Waals surface area contributed by atoms with Crippen molar-refractivity contribution in [2.45, 2.75) is 11.8 Å². The van der Waals surface area contributed by atoms with Crippen molar-refractivity contribution in [1.29, 1.82) is 0 Å². The number of rotatable bonds is 1. The average molecular weight is 300 g/mol. The van der Waals surface area contributed by atoms with Gasteiger partial charge in [-0.3, -0.25) is 4.55 Å². The molecular weight excluding hydrogens is 284 g/mol. The fraction of sp³-hybridized carbons (Fsp3) is 0.0588. The van der Waals surface area contributed by atoms with Crippen LogP contribution in [0.4, 0.5) is 0 Å². The van der Waals surface area contributed by atoms with Gasteiger partial charge in [-0.1, -0.05) is 66.7 Å². The lowest BCUT2D eigenvalue weighted by Crippen LogP contribution is -1.99.